The van der Waals surface area contributed by atoms with E-state index in [0.29, 0.717) is 23.8 Å². The summed E-state index contributed by atoms with van der Waals surface area (Å²) in [5.74, 6) is 0.572. The lowest BCUT2D eigenvalue weighted by molar-refractivity contribution is 0.0553. The molecule has 0 heterocycles. The predicted octanol–water partition coefficient (Wildman–Crippen LogP) is 2.37. The third-order valence-corrected chi connectivity index (χ3v) is 2.45. The first-order valence-corrected chi connectivity index (χ1v) is 5.54. The molecule has 1 aromatic rings. The highest BCUT2D eigenvalue weighted by molar-refractivity contribution is 6.32. The summed E-state index contributed by atoms with van der Waals surface area (Å²) < 4.78 is 5.44. The van der Waals surface area contributed by atoms with E-state index >= 15 is 0 Å². The fourth-order valence-electron chi connectivity index (χ4n) is 1.17. The van der Waals surface area contributed by atoms with Gasteiger partial charge < -0.3 is 14.9 Å². The maximum absolute atomic E-state index is 9.50. The van der Waals surface area contributed by atoms with E-state index in [1.165, 1.54) is 0 Å². The SMILES string of the molecule is CC(C)(O)CCOc1ccc(CO)cc1Cl. The van der Waals surface area contributed by atoms with Crippen molar-refractivity contribution in [3.8, 4) is 5.75 Å². The van der Waals surface area contributed by atoms with Gasteiger partial charge in [0.2, 0.25) is 0 Å². The van der Waals surface area contributed by atoms with Crippen LogP contribution in [0.5, 0.6) is 5.75 Å². The third-order valence-electron chi connectivity index (χ3n) is 2.15. The van der Waals surface area contributed by atoms with E-state index in [2.05, 4.69) is 0 Å². The molecule has 0 fully saturated rings. The van der Waals surface area contributed by atoms with E-state index in [0.717, 1.165) is 5.56 Å². The normalized spacial score (nSPS) is 11.6. The Morgan fingerprint density at radius 1 is 1.38 bits per heavy atom. The van der Waals surface area contributed by atoms with Gasteiger partial charge in [-0.15, -0.1) is 0 Å². The quantitative estimate of drug-likeness (QED) is 0.836. The molecule has 1 aromatic carbocycles. The first kappa shape index (κ1) is 13.3. The maximum atomic E-state index is 9.50. The zero-order valence-electron chi connectivity index (χ0n) is 9.53. The van der Waals surface area contributed by atoms with Gasteiger partial charge in [-0.25, -0.2) is 0 Å². The maximum Gasteiger partial charge on any atom is 0.137 e. The van der Waals surface area contributed by atoms with Crippen LogP contribution < -0.4 is 4.74 Å². The largest absolute Gasteiger partial charge is 0.492 e. The lowest BCUT2D eigenvalue weighted by atomic mass is 10.1. The van der Waals surface area contributed by atoms with Crippen LogP contribution in [0.1, 0.15) is 25.8 Å². The summed E-state index contributed by atoms with van der Waals surface area (Å²) >= 11 is 5.96. The van der Waals surface area contributed by atoms with Crippen LogP contribution in [0.4, 0.5) is 0 Å². The summed E-state index contributed by atoms with van der Waals surface area (Å²) in [7, 11) is 0. The number of aliphatic hydroxyl groups is 2. The molecule has 0 saturated carbocycles. The van der Waals surface area contributed by atoms with Gasteiger partial charge in [0.05, 0.1) is 23.8 Å². The summed E-state index contributed by atoms with van der Waals surface area (Å²) in [6, 6.07) is 5.14. The first-order chi connectivity index (χ1) is 7.42. The Morgan fingerprint density at radius 2 is 2.06 bits per heavy atom. The molecule has 16 heavy (non-hydrogen) atoms. The molecule has 90 valence electrons. The Hall–Kier alpha value is -0.770. The van der Waals surface area contributed by atoms with Gasteiger partial charge in [-0.3, -0.25) is 0 Å². The molecule has 0 aliphatic heterocycles. The van der Waals surface area contributed by atoms with Crippen molar-refractivity contribution in [2.75, 3.05) is 6.61 Å². The summed E-state index contributed by atoms with van der Waals surface area (Å²) in [4.78, 5) is 0. The Bertz CT molecular complexity index is 345. The summed E-state index contributed by atoms with van der Waals surface area (Å²) in [6.07, 6.45) is 0.533. The van der Waals surface area contributed by atoms with Gasteiger partial charge in [0.25, 0.3) is 0 Å². The molecule has 0 aliphatic carbocycles. The lowest BCUT2D eigenvalue weighted by Gasteiger charge is -2.17. The van der Waals surface area contributed by atoms with Gasteiger partial charge >= 0.3 is 0 Å². The number of aliphatic hydroxyl groups excluding tert-OH is 1. The zero-order valence-corrected chi connectivity index (χ0v) is 10.3. The van der Waals surface area contributed by atoms with Gasteiger partial charge in [0.15, 0.2) is 0 Å². The first-order valence-electron chi connectivity index (χ1n) is 5.17. The van der Waals surface area contributed by atoms with E-state index in [4.69, 9.17) is 21.4 Å². The van der Waals surface area contributed by atoms with Gasteiger partial charge in [0, 0.05) is 6.42 Å². The second-order valence-electron chi connectivity index (χ2n) is 4.33. The Labute approximate surface area is 101 Å². The fraction of sp³-hybridized carbons (Fsp3) is 0.500. The number of rotatable bonds is 5. The molecule has 0 bridgehead atoms. The minimum absolute atomic E-state index is 0.0380. The summed E-state index contributed by atoms with van der Waals surface area (Å²) in [5, 5.41) is 18.9. The minimum Gasteiger partial charge on any atom is -0.492 e. The molecule has 2 N–H and O–H groups in total. The number of hydrogen-bond acceptors (Lipinski definition) is 3. The second-order valence-corrected chi connectivity index (χ2v) is 4.74. The van der Waals surface area contributed by atoms with Crippen molar-refractivity contribution in [1.82, 2.24) is 0 Å². The van der Waals surface area contributed by atoms with Crippen molar-refractivity contribution < 1.29 is 14.9 Å². The van der Waals surface area contributed by atoms with Crippen LogP contribution in [-0.2, 0) is 6.61 Å². The van der Waals surface area contributed by atoms with Crippen LogP contribution in [0.25, 0.3) is 0 Å². The van der Waals surface area contributed by atoms with E-state index in [9.17, 15) is 5.11 Å². The van der Waals surface area contributed by atoms with Crippen molar-refractivity contribution in [3.63, 3.8) is 0 Å². The molecule has 4 heteroatoms. The smallest absolute Gasteiger partial charge is 0.137 e. The third kappa shape index (κ3) is 4.39. The molecule has 1 rings (SSSR count). The van der Waals surface area contributed by atoms with E-state index in [1.807, 2.05) is 0 Å². The topological polar surface area (TPSA) is 49.7 Å². The lowest BCUT2D eigenvalue weighted by Crippen LogP contribution is -2.21. The molecule has 0 spiro atoms. The van der Waals surface area contributed by atoms with Crippen LogP contribution in [0, 0.1) is 0 Å². The van der Waals surface area contributed by atoms with Gasteiger partial charge in [-0.05, 0) is 31.5 Å². The fourth-order valence-corrected chi connectivity index (χ4v) is 1.43. The highest BCUT2D eigenvalue weighted by Gasteiger charge is 2.12. The zero-order chi connectivity index (χ0) is 12.2. The van der Waals surface area contributed by atoms with Crippen LogP contribution in [0.3, 0.4) is 0 Å². The van der Waals surface area contributed by atoms with E-state index < -0.39 is 5.60 Å². The number of benzene rings is 1. The Kier molecular flexibility index (Phi) is 4.59. The van der Waals surface area contributed by atoms with E-state index in [1.54, 1.807) is 32.0 Å². The van der Waals surface area contributed by atoms with Crippen LogP contribution in [0.2, 0.25) is 5.02 Å². The highest BCUT2D eigenvalue weighted by atomic mass is 35.5. The Balaban J connectivity index is 2.55. The van der Waals surface area contributed by atoms with Crippen LogP contribution in [-0.4, -0.2) is 22.4 Å². The van der Waals surface area contributed by atoms with Crippen molar-refractivity contribution in [2.24, 2.45) is 0 Å². The molecule has 0 radical (unpaired) electrons. The molecule has 0 unspecified atom stereocenters. The molecule has 0 atom stereocenters. The van der Waals surface area contributed by atoms with Gasteiger partial charge in [0.1, 0.15) is 5.75 Å². The summed E-state index contributed by atoms with van der Waals surface area (Å²) in [6.45, 7) is 3.82. The molecule has 0 amide bonds. The molecule has 0 aliphatic rings. The molecular formula is C12H17ClO3. The van der Waals surface area contributed by atoms with Crippen LogP contribution in [0.15, 0.2) is 18.2 Å². The molecule has 0 aromatic heterocycles. The number of ether oxygens (including phenoxy) is 1. The van der Waals surface area contributed by atoms with E-state index in [-0.39, 0.29) is 6.61 Å². The number of halogens is 1. The van der Waals surface area contributed by atoms with Crippen molar-refractivity contribution >= 4 is 11.6 Å². The van der Waals surface area contributed by atoms with Crippen molar-refractivity contribution in [1.29, 1.82) is 0 Å². The molecule has 3 nitrogen and oxygen atoms in total. The average Bonchev–Trinajstić information content (AvgIpc) is 2.18. The monoisotopic (exact) mass is 244 g/mol. The second kappa shape index (κ2) is 5.53. The molecular weight excluding hydrogens is 228 g/mol. The van der Waals surface area contributed by atoms with Crippen LogP contribution >= 0.6 is 11.6 Å². The predicted molar refractivity (Wildman–Crippen MR) is 63.8 cm³/mol. The minimum atomic E-state index is -0.739. The number of hydrogen-bond donors (Lipinski definition) is 2. The van der Waals surface area contributed by atoms with Crippen molar-refractivity contribution in [3.05, 3.63) is 28.8 Å². The Morgan fingerprint density at radius 3 is 2.56 bits per heavy atom. The summed E-state index contributed by atoms with van der Waals surface area (Å²) in [5.41, 5.74) is 0.0113. The van der Waals surface area contributed by atoms with Gasteiger partial charge in [-0.2, -0.15) is 0 Å². The highest BCUT2D eigenvalue weighted by Crippen LogP contribution is 2.26. The molecule has 0 saturated heterocycles. The van der Waals surface area contributed by atoms with Crippen molar-refractivity contribution in [2.45, 2.75) is 32.5 Å². The average molecular weight is 245 g/mol. The standard InChI is InChI=1S/C12H17ClO3/c1-12(2,15)5-6-16-11-4-3-9(8-14)7-10(11)13/h3-4,7,14-15H,5-6,8H2,1-2H3. The van der Waals surface area contributed by atoms with Gasteiger partial charge in [-0.1, -0.05) is 17.7 Å².